The molecule has 2 atom stereocenters. The maximum atomic E-state index is 12.9. The van der Waals surface area contributed by atoms with Gasteiger partial charge in [0.15, 0.2) is 0 Å². The van der Waals surface area contributed by atoms with E-state index in [1.54, 1.807) is 24.4 Å². The molecule has 0 spiro atoms. The Hall–Kier alpha value is -3.69. The summed E-state index contributed by atoms with van der Waals surface area (Å²) in [7, 11) is 1.91. The number of hydrogen-bond acceptors (Lipinski definition) is 5. The molecule has 10 heteroatoms. The van der Waals surface area contributed by atoms with Gasteiger partial charge in [0.1, 0.15) is 6.04 Å². The van der Waals surface area contributed by atoms with E-state index in [0.717, 1.165) is 24.1 Å². The third kappa shape index (κ3) is 3.96. The third-order valence-corrected chi connectivity index (χ3v) is 6.76. The highest BCUT2D eigenvalue weighted by Gasteiger charge is 2.39. The van der Waals surface area contributed by atoms with Crippen molar-refractivity contribution in [1.29, 1.82) is 0 Å². The Kier molecular flexibility index (Phi) is 5.35. The largest absolute Gasteiger partial charge is 0.324 e. The lowest BCUT2D eigenvalue weighted by Gasteiger charge is -2.32. The number of amides is 5. The highest BCUT2D eigenvalue weighted by molar-refractivity contribution is 6.05. The van der Waals surface area contributed by atoms with Crippen molar-refractivity contribution in [3.63, 3.8) is 0 Å². The van der Waals surface area contributed by atoms with Crippen molar-refractivity contribution in [2.45, 2.75) is 44.2 Å². The van der Waals surface area contributed by atoms with Gasteiger partial charge in [0.2, 0.25) is 11.8 Å². The van der Waals surface area contributed by atoms with Gasteiger partial charge in [0, 0.05) is 62.2 Å². The van der Waals surface area contributed by atoms with Crippen LogP contribution in [0.5, 0.6) is 0 Å². The monoisotopic (exact) mass is 450 g/mol. The molecule has 5 amide bonds. The smallest absolute Gasteiger partial charge is 0.321 e. The summed E-state index contributed by atoms with van der Waals surface area (Å²) in [5, 5.41) is 9.50. The molecule has 2 saturated heterocycles. The minimum Gasteiger partial charge on any atom is -0.324 e. The van der Waals surface area contributed by atoms with Crippen LogP contribution < -0.4 is 10.6 Å². The van der Waals surface area contributed by atoms with Gasteiger partial charge in [-0.15, -0.1) is 0 Å². The lowest BCUT2D eigenvalue weighted by Crippen LogP contribution is -2.52. The van der Waals surface area contributed by atoms with Crippen LogP contribution in [0.15, 0.2) is 30.5 Å². The molecule has 5 rings (SSSR count). The zero-order chi connectivity index (χ0) is 23.1. The second-order valence-corrected chi connectivity index (χ2v) is 8.87. The van der Waals surface area contributed by atoms with Crippen LogP contribution in [-0.4, -0.2) is 62.5 Å². The molecule has 2 unspecified atom stereocenters. The number of carbonyl (C=O) groups is 4. The summed E-state index contributed by atoms with van der Waals surface area (Å²) in [4.78, 5) is 52.7. The van der Waals surface area contributed by atoms with Gasteiger partial charge >= 0.3 is 6.03 Å². The normalized spacial score (nSPS) is 22.9. The molecule has 0 aliphatic carbocycles. The second-order valence-electron chi connectivity index (χ2n) is 8.87. The van der Waals surface area contributed by atoms with Crippen LogP contribution in [-0.2, 0) is 23.2 Å². The molecule has 2 aromatic rings. The van der Waals surface area contributed by atoms with E-state index in [1.165, 1.54) is 4.90 Å². The van der Waals surface area contributed by atoms with Gasteiger partial charge in [-0.25, -0.2) is 4.79 Å². The van der Waals surface area contributed by atoms with Crippen LogP contribution >= 0.6 is 0 Å². The fraction of sp³-hybridized carbons (Fsp3) is 0.435. The molecule has 0 radical (unpaired) electrons. The van der Waals surface area contributed by atoms with Crippen LogP contribution in [0.3, 0.4) is 0 Å². The van der Waals surface area contributed by atoms with Gasteiger partial charge in [0.25, 0.3) is 5.91 Å². The number of nitrogens with zero attached hydrogens (tertiary/aromatic N) is 4. The van der Waals surface area contributed by atoms with Crippen molar-refractivity contribution < 1.29 is 19.2 Å². The first-order chi connectivity index (χ1) is 15.9. The number of piperidine rings is 2. The van der Waals surface area contributed by atoms with E-state index < -0.39 is 11.9 Å². The Morgan fingerprint density at radius 3 is 2.79 bits per heavy atom. The minimum atomic E-state index is -0.655. The van der Waals surface area contributed by atoms with Gasteiger partial charge < -0.3 is 15.1 Å². The Bertz CT molecular complexity index is 1140. The topological polar surface area (TPSA) is 117 Å². The number of rotatable bonds is 3. The fourth-order valence-electron chi connectivity index (χ4n) is 5.04. The molecule has 10 nitrogen and oxygen atoms in total. The van der Waals surface area contributed by atoms with Crippen molar-refractivity contribution in [2.24, 2.45) is 7.05 Å². The molecule has 172 valence electrons. The quantitative estimate of drug-likeness (QED) is 0.689. The average Bonchev–Trinajstić information content (AvgIpc) is 3.37. The number of anilines is 1. The predicted molar refractivity (Wildman–Crippen MR) is 118 cm³/mol. The van der Waals surface area contributed by atoms with Crippen LogP contribution in [0.25, 0.3) is 0 Å². The lowest BCUT2D eigenvalue weighted by molar-refractivity contribution is -0.136. The van der Waals surface area contributed by atoms with Crippen LogP contribution in [0.4, 0.5) is 10.5 Å². The van der Waals surface area contributed by atoms with Crippen LogP contribution in [0.2, 0.25) is 0 Å². The van der Waals surface area contributed by atoms with Gasteiger partial charge in [-0.1, -0.05) is 0 Å². The van der Waals surface area contributed by atoms with Gasteiger partial charge in [-0.05, 0) is 49.1 Å². The molecule has 4 heterocycles. The number of likely N-dealkylation sites (tertiary alicyclic amines) is 1. The molecular weight excluding hydrogens is 424 g/mol. The Balaban J connectivity index is 1.26. The number of urea groups is 1. The summed E-state index contributed by atoms with van der Waals surface area (Å²) < 4.78 is 1.86. The molecule has 3 aliphatic heterocycles. The lowest BCUT2D eigenvalue weighted by atomic mass is 9.95. The second kappa shape index (κ2) is 8.34. The number of hydrogen-bond donors (Lipinski definition) is 2. The molecular formula is C23H26N6O4. The summed E-state index contributed by atoms with van der Waals surface area (Å²) in [6.07, 6.45) is 4.25. The first kappa shape index (κ1) is 21.2. The van der Waals surface area contributed by atoms with Gasteiger partial charge in [0.05, 0.1) is 0 Å². The average molecular weight is 450 g/mol. The number of nitrogens with one attached hydrogen (secondary N) is 2. The van der Waals surface area contributed by atoms with E-state index in [0.29, 0.717) is 30.8 Å². The molecule has 1 aromatic carbocycles. The summed E-state index contributed by atoms with van der Waals surface area (Å²) >= 11 is 0. The summed E-state index contributed by atoms with van der Waals surface area (Å²) in [5.41, 5.74) is 3.01. The van der Waals surface area contributed by atoms with E-state index in [9.17, 15) is 19.2 Å². The van der Waals surface area contributed by atoms with Crippen LogP contribution in [0, 0.1) is 0 Å². The Morgan fingerprint density at radius 1 is 1.18 bits per heavy atom. The van der Waals surface area contributed by atoms with Crippen molar-refractivity contribution in [1.82, 2.24) is 24.9 Å². The molecule has 33 heavy (non-hydrogen) atoms. The summed E-state index contributed by atoms with van der Waals surface area (Å²) in [5.74, 6) is -0.730. The molecule has 1 aromatic heterocycles. The highest BCUT2D eigenvalue weighted by Crippen LogP contribution is 2.30. The predicted octanol–water partition coefficient (Wildman–Crippen LogP) is 1.59. The SMILES string of the molecule is Cn1nccc1C1CCCN(C(=O)Nc2ccc3c(c2)CN(C2CCC(=O)NC2=O)C3=O)C1. The number of carbonyl (C=O) groups excluding carboxylic acids is 4. The zero-order valence-corrected chi connectivity index (χ0v) is 18.4. The van der Waals surface area contributed by atoms with Gasteiger partial charge in [-0.2, -0.15) is 5.10 Å². The van der Waals surface area contributed by atoms with E-state index in [1.807, 2.05) is 22.7 Å². The maximum absolute atomic E-state index is 12.9. The van der Waals surface area contributed by atoms with Crippen molar-refractivity contribution in [3.8, 4) is 0 Å². The standard InChI is InChI=1S/C23H26N6O4/c1-27-18(8-9-24-27)14-3-2-10-28(12-14)23(33)25-16-4-5-17-15(11-16)13-29(22(17)32)19-6-7-20(30)26-21(19)31/h4-5,8-9,11,14,19H,2-3,6-7,10,12-13H2,1H3,(H,25,33)(H,26,30,31). The van der Waals surface area contributed by atoms with Crippen molar-refractivity contribution in [2.75, 3.05) is 18.4 Å². The van der Waals surface area contributed by atoms with Crippen molar-refractivity contribution >= 4 is 29.4 Å². The number of imide groups is 1. The zero-order valence-electron chi connectivity index (χ0n) is 18.4. The molecule has 2 fully saturated rings. The van der Waals surface area contributed by atoms with E-state index in [-0.39, 0.29) is 36.7 Å². The number of benzene rings is 1. The first-order valence-corrected chi connectivity index (χ1v) is 11.2. The number of aromatic nitrogens is 2. The maximum Gasteiger partial charge on any atom is 0.321 e. The summed E-state index contributed by atoms with van der Waals surface area (Å²) in [6, 6.07) is 6.36. The Morgan fingerprint density at radius 2 is 2.03 bits per heavy atom. The molecule has 3 aliphatic rings. The molecule has 0 saturated carbocycles. The van der Waals surface area contributed by atoms with E-state index >= 15 is 0 Å². The Labute approximate surface area is 190 Å². The molecule has 2 N–H and O–H groups in total. The number of fused-ring (bicyclic) bond motifs is 1. The van der Waals surface area contributed by atoms with Crippen LogP contribution in [0.1, 0.15) is 53.2 Å². The van der Waals surface area contributed by atoms with Crippen molar-refractivity contribution in [3.05, 3.63) is 47.3 Å². The minimum absolute atomic E-state index is 0.173. The van der Waals surface area contributed by atoms with E-state index in [2.05, 4.69) is 15.7 Å². The van der Waals surface area contributed by atoms with E-state index in [4.69, 9.17) is 0 Å². The fourth-order valence-corrected chi connectivity index (χ4v) is 5.04. The number of aryl methyl sites for hydroxylation is 1. The third-order valence-electron chi connectivity index (χ3n) is 6.76. The van der Waals surface area contributed by atoms with Gasteiger partial charge in [-0.3, -0.25) is 24.4 Å². The molecule has 0 bridgehead atoms. The first-order valence-electron chi connectivity index (χ1n) is 11.2. The highest BCUT2D eigenvalue weighted by atomic mass is 16.2. The summed E-state index contributed by atoms with van der Waals surface area (Å²) in [6.45, 7) is 1.58.